The van der Waals surface area contributed by atoms with Gasteiger partial charge in [0.2, 0.25) is 5.91 Å². The first-order chi connectivity index (χ1) is 13.4. The van der Waals surface area contributed by atoms with Gasteiger partial charge in [-0.3, -0.25) is 14.5 Å². The van der Waals surface area contributed by atoms with E-state index in [-0.39, 0.29) is 23.7 Å². The number of hydrogen-bond acceptors (Lipinski definition) is 3. The van der Waals surface area contributed by atoms with Crippen LogP contribution in [0.2, 0.25) is 5.02 Å². The van der Waals surface area contributed by atoms with Crippen LogP contribution >= 0.6 is 11.6 Å². The Bertz CT molecular complexity index is 846. The summed E-state index contributed by atoms with van der Waals surface area (Å²) in [5.74, 6) is -0.635. The molecule has 0 radical (unpaired) electrons. The first-order valence-electron chi connectivity index (χ1n) is 9.26. The van der Waals surface area contributed by atoms with Crippen molar-refractivity contribution in [2.45, 2.75) is 32.4 Å². The predicted octanol–water partition coefficient (Wildman–Crippen LogP) is 3.83. The zero-order valence-corrected chi connectivity index (χ0v) is 16.4. The summed E-state index contributed by atoms with van der Waals surface area (Å²) >= 11 is 6.11. The average molecular weight is 404 g/mol. The van der Waals surface area contributed by atoms with E-state index < -0.39 is 0 Å². The third-order valence-corrected chi connectivity index (χ3v) is 5.17. The van der Waals surface area contributed by atoms with E-state index in [0.717, 1.165) is 25.9 Å². The molecule has 3 rings (SSSR count). The van der Waals surface area contributed by atoms with Gasteiger partial charge < -0.3 is 10.6 Å². The van der Waals surface area contributed by atoms with Gasteiger partial charge in [-0.15, -0.1) is 0 Å². The Morgan fingerprint density at radius 3 is 2.57 bits per heavy atom. The molecule has 1 aliphatic rings. The van der Waals surface area contributed by atoms with Crippen LogP contribution in [0.5, 0.6) is 0 Å². The molecule has 28 heavy (non-hydrogen) atoms. The fraction of sp³-hybridized carbons (Fsp3) is 0.333. The second-order valence-corrected chi connectivity index (χ2v) is 7.39. The number of nitrogens with one attached hydrogen (secondary N) is 2. The van der Waals surface area contributed by atoms with Gasteiger partial charge >= 0.3 is 0 Å². The van der Waals surface area contributed by atoms with E-state index in [1.54, 1.807) is 36.4 Å². The van der Waals surface area contributed by atoms with Crippen molar-refractivity contribution in [1.82, 2.24) is 10.2 Å². The lowest BCUT2D eigenvalue weighted by atomic mass is 10.0. The molecule has 1 heterocycles. The van der Waals surface area contributed by atoms with Crippen LogP contribution in [0.1, 0.15) is 35.7 Å². The number of likely N-dealkylation sites (tertiary alicyclic amines) is 1. The number of carbonyl (C=O) groups is 2. The van der Waals surface area contributed by atoms with Crippen molar-refractivity contribution in [3.63, 3.8) is 0 Å². The Morgan fingerprint density at radius 1 is 1.18 bits per heavy atom. The molecule has 7 heteroatoms. The average Bonchev–Trinajstić information content (AvgIpc) is 2.66. The number of benzene rings is 2. The van der Waals surface area contributed by atoms with Gasteiger partial charge in [0.25, 0.3) is 5.91 Å². The van der Waals surface area contributed by atoms with E-state index in [1.165, 1.54) is 13.0 Å². The van der Waals surface area contributed by atoms with E-state index in [9.17, 15) is 14.0 Å². The predicted molar refractivity (Wildman–Crippen MR) is 108 cm³/mol. The minimum atomic E-state index is -0.290. The van der Waals surface area contributed by atoms with Crippen LogP contribution in [0.4, 0.5) is 10.1 Å². The molecule has 0 saturated carbocycles. The van der Waals surface area contributed by atoms with Crippen molar-refractivity contribution in [1.29, 1.82) is 0 Å². The molecule has 0 aliphatic carbocycles. The topological polar surface area (TPSA) is 61.4 Å². The molecule has 1 fully saturated rings. The van der Waals surface area contributed by atoms with E-state index in [4.69, 9.17) is 11.6 Å². The van der Waals surface area contributed by atoms with E-state index in [0.29, 0.717) is 28.4 Å². The second-order valence-electron chi connectivity index (χ2n) is 6.99. The number of nitrogens with zero attached hydrogens (tertiary/aromatic N) is 1. The highest BCUT2D eigenvalue weighted by atomic mass is 35.5. The van der Waals surface area contributed by atoms with Gasteiger partial charge in [-0.05, 0) is 43.2 Å². The molecule has 2 N–H and O–H groups in total. The van der Waals surface area contributed by atoms with E-state index in [2.05, 4.69) is 15.5 Å². The van der Waals surface area contributed by atoms with Crippen molar-refractivity contribution >= 4 is 29.1 Å². The summed E-state index contributed by atoms with van der Waals surface area (Å²) in [4.78, 5) is 25.8. The normalized spacial score (nSPS) is 15.2. The second kappa shape index (κ2) is 9.17. The standard InChI is InChI=1S/C21H23ClFN3O2/c1-14(27)24-17-5-2-4-15(12-17)21(28)25-16-8-10-26(11-9-16)13-18-19(22)6-3-7-20(18)23/h2-7,12,16H,8-11,13H2,1H3,(H,24,27)(H,25,28). The largest absolute Gasteiger partial charge is 0.349 e. The summed E-state index contributed by atoms with van der Waals surface area (Å²) in [5, 5.41) is 6.16. The molecule has 2 aromatic rings. The van der Waals surface area contributed by atoms with Gasteiger partial charge in [-0.25, -0.2) is 4.39 Å². The Balaban J connectivity index is 1.53. The van der Waals surface area contributed by atoms with Gasteiger partial charge in [-0.2, -0.15) is 0 Å². The lowest BCUT2D eigenvalue weighted by molar-refractivity contribution is -0.114. The molecule has 5 nitrogen and oxygen atoms in total. The Hall–Kier alpha value is -2.44. The van der Waals surface area contributed by atoms with Crippen LogP contribution in [-0.4, -0.2) is 35.8 Å². The maximum atomic E-state index is 14.0. The van der Waals surface area contributed by atoms with Crippen LogP contribution in [0.3, 0.4) is 0 Å². The third-order valence-electron chi connectivity index (χ3n) is 4.81. The maximum absolute atomic E-state index is 14.0. The molecule has 0 aromatic heterocycles. The summed E-state index contributed by atoms with van der Waals surface area (Å²) in [6.07, 6.45) is 1.56. The summed E-state index contributed by atoms with van der Waals surface area (Å²) in [5.41, 5.74) is 1.62. The number of rotatable bonds is 5. The van der Waals surface area contributed by atoms with Crippen LogP contribution in [0.25, 0.3) is 0 Å². The van der Waals surface area contributed by atoms with Crippen LogP contribution in [0.15, 0.2) is 42.5 Å². The van der Waals surface area contributed by atoms with Gasteiger partial charge in [0, 0.05) is 54.4 Å². The fourth-order valence-corrected chi connectivity index (χ4v) is 3.58. The van der Waals surface area contributed by atoms with Gasteiger partial charge in [-0.1, -0.05) is 23.7 Å². The summed E-state index contributed by atoms with van der Waals surface area (Å²) in [7, 11) is 0. The number of halogens is 2. The smallest absolute Gasteiger partial charge is 0.251 e. The van der Waals surface area contributed by atoms with Crippen molar-refractivity contribution < 1.29 is 14.0 Å². The first-order valence-corrected chi connectivity index (χ1v) is 9.64. The van der Waals surface area contributed by atoms with Crippen LogP contribution in [-0.2, 0) is 11.3 Å². The number of piperidine rings is 1. The molecule has 0 bridgehead atoms. The molecular formula is C21H23ClFN3O2. The minimum Gasteiger partial charge on any atom is -0.349 e. The highest BCUT2D eigenvalue weighted by Gasteiger charge is 2.22. The lowest BCUT2D eigenvalue weighted by Crippen LogP contribution is -2.44. The monoisotopic (exact) mass is 403 g/mol. The van der Waals surface area contributed by atoms with Crippen molar-refractivity contribution in [3.8, 4) is 0 Å². The van der Waals surface area contributed by atoms with Crippen molar-refractivity contribution in [3.05, 3.63) is 64.4 Å². The summed E-state index contributed by atoms with van der Waals surface area (Å²) < 4.78 is 14.0. The van der Waals surface area contributed by atoms with Gasteiger partial charge in [0.15, 0.2) is 0 Å². The lowest BCUT2D eigenvalue weighted by Gasteiger charge is -2.32. The summed E-state index contributed by atoms with van der Waals surface area (Å²) in [6.45, 7) is 3.39. The zero-order chi connectivity index (χ0) is 20.1. The molecule has 0 atom stereocenters. The molecular weight excluding hydrogens is 381 g/mol. The maximum Gasteiger partial charge on any atom is 0.251 e. The zero-order valence-electron chi connectivity index (χ0n) is 15.7. The minimum absolute atomic E-state index is 0.0595. The number of hydrogen-bond donors (Lipinski definition) is 2. The van der Waals surface area contributed by atoms with E-state index in [1.807, 2.05) is 0 Å². The molecule has 2 amide bonds. The Kier molecular flexibility index (Phi) is 6.65. The molecule has 1 aliphatic heterocycles. The summed E-state index contributed by atoms with van der Waals surface area (Å²) in [6, 6.07) is 11.6. The van der Waals surface area contributed by atoms with E-state index >= 15 is 0 Å². The third kappa shape index (κ3) is 5.30. The highest BCUT2D eigenvalue weighted by molar-refractivity contribution is 6.31. The number of anilines is 1. The quantitative estimate of drug-likeness (QED) is 0.797. The molecule has 0 unspecified atom stereocenters. The molecule has 1 saturated heterocycles. The number of amides is 2. The molecule has 0 spiro atoms. The molecule has 2 aromatic carbocycles. The first kappa shape index (κ1) is 20.3. The van der Waals surface area contributed by atoms with Crippen LogP contribution < -0.4 is 10.6 Å². The van der Waals surface area contributed by atoms with Crippen molar-refractivity contribution in [2.75, 3.05) is 18.4 Å². The highest BCUT2D eigenvalue weighted by Crippen LogP contribution is 2.23. The van der Waals surface area contributed by atoms with Gasteiger partial charge in [0.05, 0.1) is 0 Å². The van der Waals surface area contributed by atoms with Crippen molar-refractivity contribution in [2.24, 2.45) is 0 Å². The van der Waals surface area contributed by atoms with Gasteiger partial charge in [0.1, 0.15) is 5.82 Å². The SMILES string of the molecule is CC(=O)Nc1cccc(C(=O)NC2CCN(Cc3c(F)cccc3Cl)CC2)c1. The Morgan fingerprint density at radius 2 is 1.89 bits per heavy atom. The fourth-order valence-electron chi connectivity index (χ4n) is 3.35. The number of carbonyl (C=O) groups excluding carboxylic acids is 2. The molecule has 148 valence electrons. The Labute approximate surface area is 168 Å². The van der Waals surface area contributed by atoms with Crippen LogP contribution in [0, 0.1) is 5.82 Å².